The van der Waals surface area contributed by atoms with E-state index in [1.165, 1.54) is 17.1 Å². The molecule has 0 spiro atoms. The van der Waals surface area contributed by atoms with E-state index in [4.69, 9.17) is 23.2 Å². The van der Waals surface area contributed by atoms with Crippen LogP contribution in [0, 0.1) is 6.92 Å². The number of nitrogens with zero attached hydrogens (tertiary/aromatic N) is 4. The smallest absolute Gasteiger partial charge is 0.282 e. The van der Waals surface area contributed by atoms with Crippen LogP contribution < -0.4 is 5.01 Å². The van der Waals surface area contributed by atoms with Crippen molar-refractivity contribution in [3.05, 3.63) is 52.0 Å². The maximum Gasteiger partial charge on any atom is 0.296 e. The molecule has 1 unspecified atom stereocenters. The third-order valence-electron chi connectivity index (χ3n) is 3.97. The summed E-state index contributed by atoms with van der Waals surface area (Å²) >= 11 is 11.9. The molecule has 0 saturated carbocycles. The van der Waals surface area contributed by atoms with Crippen molar-refractivity contribution >= 4 is 56.3 Å². The number of aryl methyl sites for hydroxylation is 1. The molecular weight excluding hydrogens is 427 g/mol. The van der Waals surface area contributed by atoms with Crippen LogP contribution in [0.3, 0.4) is 0 Å². The molecule has 0 saturated heterocycles. The fourth-order valence-electron chi connectivity index (χ4n) is 2.51. The Balaban J connectivity index is 1.93. The lowest BCUT2D eigenvalue weighted by Gasteiger charge is -2.12. The lowest BCUT2D eigenvalue weighted by atomic mass is 10.2. The van der Waals surface area contributed by atoms with Crippen LogP contribution in [0.25, 0.3) is 0 Å². The molecule has 3 rings (SSSR count). The second kappa shape index (κ2) is 7.59. The molecule has 1 aliphatic rings. The Morgan fingerprint density at radius 1 is 1.14 bits per heavy atom. The van der Waals surface area contributed by atoms with Gasteiger partial charge in [-0.3, -0.25) is 9.35 Å². The van der Waals surface area contributed by atoms with E-state index in [2.05, 4.69) is 15.3 Å². The van der Waals surface area contributed by atoms with Gasteiger partial charge in [0.25, 0.3) is 16.0 Å². The molecule has 2 aromatic carbocycles. The highest BCUT2D eigenvalue weighted by Gasteiger charge is 2.35. The minimum absolute atomic E-state index is 0.177. The van der Waals surface area contributed by atoms with E-state index in [1.807, 2.05) is 0 Å². The first-order valence-corrected chi connectivity index (χ1v) is 10.1. The fraction of sp³-hybridized carbons (Fsp3) is 0.176. The van der Waals surface area contributed by atoms with Gasteiger partial charge in [-0.2, -0.15) is 28.8 Å². The van der Waals surface area contributed by atoms with Crippen molar-refractivity contribution in [2.45, 2.75) is 24.8 Å². The van der Waals surface area contributed by atoms with Crippen LogP contribution in [0.15, 0.2) is 56.6 Å². The van der Waals surface area contributed by atoms with E-state index in [0.29, 0.717) is 22.0 Å². The standard InChI is InChI=1S/C17H14Cl2N4O4S/c1-9-7-15(28(25,26)27)14(8-13(9)19)20-21-16-10(2)22-23(17(16)24)12-5-3-11(18)4-6-12/h3-8,16H,1-2H3,(H,25,26,27). The Morgan fingerprint density at radius 3 is 2.39 bits per heavy atom. The number of azo groups is 1. The number of carbonyl (C=O) groups excluding carboxylic acids is 1. The summed E-state index contributed by atoms with van der Waals surface area (Å²) in [6.07, 6.45) is 0. The van der Waals surface area contributed by atoms with E-state index in [9.17, 15) is 17.8 Å². The SMILES string of the molecule is CC1=NN(c2ccc(Cl)cc2)C(=O)C1N=Nc1cc(Cl)c(C)cc1S(=O)(=O)O. The molecule has 2 aromatic rings. The van der Waals surface area contributed by atoms with Crippen LogP contribution in [0.5, 0.6) is 0 Å². The lowest BCUT2D eigenvalue weighted by molar-refractivity contribution is -0.117. The Bertz CT molecular complexity index is 1110. The number of anilines is 1. The van der Waals surface area contributed by atoms with Crippen LogP contribution in [-0.4, -0.2) is 30.6 Å². The van der Waals surface area contributed by atoms with Crippen LogP contribution >= 0.6 is 23.2 Å². The summed E-state index contributed by atoms with van der Waals surface area (Å²) in [6, 6.07) is 7.91. The molecule has 1 amide bonds. The number of halogens is 2. The van der Waals surface area contributed by atoms with Gasteiger partial charge in [-0.1, -0.05) is 23.2 Å². The first-order valence-electron chi connectivity index (χ1n) is 7.91. The zero-order valence-electron chi connectivity index (χ0n) is 14.7. The minimum atomic E-state index is -4.55. The van der Waals surface area contributed by atoms with E-state index in [0.717, 1.165) is 0 Å². The highest BCUT2D eigenvalue weighted by atomic mass is 35.5. The Morgan fingerprint density at radius 2 is 1.79 bits per heavy atom. The van der Waals surface area contributed by atoms with Gasteiger partial charge in [-0.05, 0) is 55.8 Å². The highest BCUT2D eigenvalue weighted by Crippen LogP contribution is 2.32. The molecule has 28 heavy (non-hydrogen) atoms. The van der Waals surface area contributed by atoms with Crippen molar-refractivity contribution in [3.63, 3.8) is 0 Å². The van der Waals surface area contributed by atoms with E-state index in [1.54, 1.807) is 38.1 Å². The summed E-state index contributed by atoms with van der Waals surface area (Å²) in [5.41, 5.74) is 1.14. The summed E-state index contributed by atoms with van der Waals surface area (Å²) in [5.74, 6) is -0.463. The monoisotopic (exact) mass is 440 g/mol. The molecule has 0 aromatic heterocycles. The minimum Gasteiger partial charge on any atom is -0.282 e. The summed E-state index contributed by atoms with van der Waals surface area (Å²) in [6.45, 7) is 3.18. The van der Waals surface area contributed by atoms with Crippen molar-refractivity contribution in [3.8, 4) is 0 Å². The van der Waals surface area contributed by atoms with Gasteiger partial charge in [0, 0.05) is 10.0 Å². The molecule has 1 atom stereocenters. The third-order valence-corrected chi connectivity index (χ3v) is 5.51. The normalized spacial score (nSPS) is 17.5. The zero-order chi connectivity index (χ0) is 20.6. The number of benzene rings is 2. The topological polar surface area (TPSA) is 112 Å². The van der Waals surface area contributed by atoms with Crippen LogP contribution in [0.1, 0.15) is 12.5 Å². The molecule has 0 bridgehead atoms. The predicted molar refractivity (Wildman–Crippen MR) is 106 cm³/mol. The van der Waals surface area contributed by atoms with Crippen molar-refractivity contribution in [2.24, 2.45) is 15.3 Å². The maximum absolute atomic E-state index is 12.7. The average Bonchev–Trinajstić information content (AvgIpc) is 2.89. The summed E-state index contributed by atoms with van der Waals surface area (Å²) < 4.78 is 32.6. The summed E-state index contributed by atoms with van der Waals surface area (Å²) in [7, 11) is -4.55. The quantitative estimate of drug-likeness (QED) is 0.559. The molecule has 1 aliphatic heterocycles. The Kier molecular flexibility index (Phi) is 5.53. The summed E-state index contributed by atoms with van der Waals surface area (Å²) in [4.78, 5) is 12.2. The van der Waals surface area contributed by atoms with Gasteiger partial charge in [-0.15, -0.1) is 0 Å². The summed E-state index contributed by atoms with van der Waals surface area (Å²) in [5, 5.41) is 13.9. The number of carbonyl (C=O) groups is 1. The molecule has 11 heteroatoms. The number of amides is 1. The Labute approximate surface area is 171 Å². The third kappa shape index (κ3) is 4.07. The zero-order valence-corrected chi connectivity index (χ0v) is 17.0. The highest BCUT2D eigenvalue weighted by molar-refractivity contribution is 7.86. The van der Waals surface area contributed by atoms with Crippen LogP contribution in [-0.2, 0) is 14.9 Å². The van der Waals surface area contributed by atoms with Gasteiger partial charge < -0.3 is 0 Å². The number of rotatable bonds is 4. The first kappa shape index (κ1) is 20.4. The van der Waals surface area contributed by atoms with E-state index < -0.39 is 27.0 Å². The molecule has 1 N–H and O–H groups in total. The number of hydrogen-bond donors (Lipinski definition) is 1. The molecule has 8 nitrogen and oxygen atoms in total. The van der Waals surface area contributed by atoms with E-state index in [-0.39, 0.29) is 10.7 Å². The largest absolute Gasteiger partial charge is 0.296 e. The second-order valence-corrected chi connectivity index (χ2v) is 8.26. The number of hydrazone groups is 1. The van der Waals surface area contributed by atoms with Crippen LogP contribution in [0.2, 0.25) is 10.0 Å². The van der Waals surface area contributed by atoms with Crippen LogP contribution in [0.4, 0.5) is 11.4 Å². The van der Waals surface area contributed by atoms with Gasteiger partial charge in [0.1, 0.15) is 10.6 Å². The molecular formula is C17H14Cl2N4O4S. The average molecular weight is 441 g/mol. The lowest BCUT2D eigenvalue weighted by Crippen LogP contribution is -2.29. The molecule has 1 heterocycles. The van der Waals surface area contributed by atoms with Gasteiger partial charge in [0.05, 0.1) is 11.4 Å². The maximum atomic E-state index is 12.7. The van der Waals surface area contributed by atoms with E-state index >= 15 is 0 Å². The van der Waals surface area contributed by atoms with Gasteiger partial charge in [0.2, 0.25) is 0 Å². The van der Waals surface area contributed by atoms with Crippen molar-refractivity contribution in [2.75, 3.05) is 5.01 Å². The van der Waals surface area contributed by atoms with Crippen molar-refractivity contribution < 1.29 is 17.8 Å². The molecule has 146 valence electrons. The van der Waals surface area contributed by atoms with Crippen molar-refractivity contribution in [1.29, 1.82) is 0 Å². The molecule has 0 radical (unpaired) electrons. The second-order valence-electron chi connectivity index (χ2n) is 6.03. The molecule has 0 fully saturated rings. The fourth-order valence-corrected chi connectivity index (χ4v) is 3.48. The predicted octanol–water partition coefficient (Wildman–Crippen LogP) is 4.42. The van der Waals surface area contributed by atoms with Gasteiger partial charge >= 0.3 is 0 Å². The van der Waals surface area contributed by atoms with Crippen molar-refractivity contribution in [1.82, 2.24) is 0 Å². The molecule has 0 aliphatic carbocycles. The Hall–Kier alpha value is -2.33. The first-order chi connectivity index (χ1) is 13.1. The van der Waals surface area contributed by atoms with Gasteiger partial charge in [-0.25, -0.2) is 0 Å². The number of hydrogen-bond acceptors (Lipinski definition) is 6. The van der Waals surface area contributed by atoms with Gasteiger partial charge in [0.15, 0.2) is 6.04 Å².